The van der Waals surface area contributed by atoms with E-state index in [4.69, 9.17) is 5.73 Å². The van der Waals surface area contributed by atoms with Crippen LogP contribution in [0.4, 0.5) is 0 Å². The van der Waals surface area contributed by atoms with Crippen molar-refractivity contribution in [2.45, 2.75) is 26.7 Å². The van der Waals surface area contributed by atoms with Gasteiger partial charge in [0.1, 0.15) is 5.78 Å². The Kier molecular flexibility index (Phi) is 6.14. The van der Waals surface area contributed by atoms with Crippen LogP contribution in [0.2, 0.25) is 0 Å². The van der Waals surface area contributed by atoms with Crippen LogP contribution in [0, 0.1) is 0 Å². The molecule has 0 aromatic heterocycles. The summed E-state index contributed by atoms with van der Waals surface area (Å²) in [5.41, 5.74) is 5.33. The zero-order valence-corrected chi connectivity index (χ0v) is 8.38. The summed E-state index contributed by atoms with van der Waals surface area (Å²) in [4.78, 5) is 23.7. The van der Waals surface area contributed by atoms with E-state index in [1.807, 2.05) is 6.92 Å². The Hall–Kier alpha value is -0.900. The highest BCUT2D eigenvalue weighted by molar-refractivity contribution is 5.84. The highest BCUT2D eigenvalue weighted by atomic mass is 16.2. The van der Waals surface area contributed by atoms with Crippen LogP contribution in [-0.2, 0) is 9.59 Å². The summed E-state index contributed by atoms with van der Waals surface area (Å²) in [5, 5.41) is 0. The van der Waals surface area contributed by atoms with Gasteiger partial charge in [-0.05, 0) is 13.3 Å². The maximum atomic E-state index is 11.4. The van der Waals surface area contributed by atoms with Crippen LogP contribution in [0.5, 0.6) is 0 Å². The summed E-state index contributed by atoms with van der Waals surface area (Å²) >= 11 is 0. The second-order valence-corrected chi connectivity index (χ2v) is 3.06. The van der Waals surface area contributed by atoms with Gasteiger partial charge >= 0.3 is 0 Å². The minimum absolute atomic E-state index is 0.00194. The number of rotatable bonds is 6. The summed E-state index contributed by atoms with van der Waals surface area (Å²) in [5.74, 6) is 0.0149. The third-order valence-electron chi connectivity index (χ3n) is 1.63. The molecule has 0 aromatic rings. The van der Waals surface area contributed by atoms with E-state index in [0.717, 1.165) is 6.42 Å². The highest BCUT2D eigenvalue weighted by Gasteiger charge is 2.12. The van der Waals surface area contributed by atoms with Crippen molar-refractivity contribution < 1.29 is 9.59 Å². The van der Waals surface area contributed by atoms with Crippen molar-refractivity contribution in [1.29, 1.82) is 0 Å². The summed E-state index contributed by atoms with van der Waals surface area (Å²) < 4.78 is 0. The first-order valence-electron chi connectivity index (χ1n) is 4.59. The van der Waals surface area contributed by atoms with Crippen LogP contribution >= 0.6 is 0 Å². The van der Waals surface area contributed by atoms with Crippen LogP contribution in [0.3, 0.4) is 0 Å². The number of hydrogen-bond acceptors (Lipinski definition) is 3. The van der Waals surface area contributed by atoms with E-state index in [9.17, 15) is 9.59 Å². The third kappa shape index (κ3) is 5.36. The average Bonchev–Trinajstić information content (AvgIpc) is 2.03. The maximum absolute atomic E-state index is 11.4. The van der Waals surface area contributed by atoms with E-state index in [1.54, 1.807) is 0 Å². The Balaban J connectivity index is 4.06. The Morgan fingerprint density at radius 2 is 2.00 bits per heavy atom. The van der Waals surface area contributed by atoms with Crippen LogP contribution in [0.1, 0.15) is 26.7 Å². The van der Waals surface area contributed by atoms with E-state index < -0.39 is 0 Å². The predicted octanol–water partition coefficient (Wildman–Crippen LogP) is 0.163. The highest BCUT2D eigenvalue weighted by Crippen LogP contribution is 1.97. The molecule has 2 N–H and O–H groups in total. The SMILES string of the molecule is CCCC(=O)N(CCN)CC(C)=O. The topological polar surface area (TPSA) is 63.4 Å². The van der Waals surface area contributed by atoms with Crippen molar-refractivity contribution in [3.63, 3.8) is 0 Å². The van der Waals surface area contributed by atoms with E-state index in [0.29, 0.717) is 19.5 Å². The van der Waals surface area contributed by atoms with Gasteiger partial charge in [0, 0.05) is 19.5 Å². The molecule has 1 amide bonds. The molecule has 0 fully saturated rings. The van der Waals surface area contributed by atoms with Crippen LogP contribution in [-0.4, -0.2) is 36.2 Å². The quantitative estimate of drug-likeness (QED) is 0.643. The van der Waals surface area contributed by atoms with Gasteiger partial charge in [0.2, 0.25) is 5.91 Å². The molecule has 13 heavy (non-hydrogen) atoms. The molecule has 0 aliphatic carbocycles. The molecule has 0 radical (unpaired) electrons. The third-order valence-corrected chi connectivity index (χ3v) is 1.63. The molecule has 4 nitrogen and oxygen atoms in total. The second kappa shape index (κ2) is 6.60. The molecule has 0 aliphatic heterocycles. The molecular formula is C9H18N2O2. The Morgan fingerprint density at radius 3 is 2.38 bits per heavy atom. The Bertz CT molecular complexity index is 180. The molecule has 0 atom stereocenters. The number of Topliss-reactive ketones (excluding diaryl/α,β-unsaturated/α-hetero) is 1. The Morgan fingerprint density at radius 1 is 1.38 bits per heavy atom. The summed E-state index contributed by atoms with van der Waals surface area (Å²) in [6.45, 7) is 4.48. The number of carbonyl (C=O) groups excluding carboxylic acids is 2. The lowest BCUT2D eigenvalue weighted by atomic mass is 10.2. The molecule has 0 spiro atoms. The zero-order valence-electron chi connectivity index (χ0n) is 8.38. The predicted molar refractivity (Wildman–Crippen MR) is 51.2 cm³/mol. The first kappa shape index (κ1) is 12.1. The average molecular weight is 186 g/mol. The normalized spacial score (nSPS) is 9.77. The minimum atomic E-state index is -0.00194. The van der Waals surface area contributed by atoms with Gasteiger partial charge in [0.15, 0.2) is 0 Å². The lowest BCUT2D eigenvalue weighted by Crippen LogP contribution is -2.38. The van der Waals surface area contributed by atoms with Gasteiger partial charge in [-0.25, -0.2) is 0 Å². The standard InChI is InChI=1S/C9H18N2O2/c1-3-4-9(13)11(6-5-10)7-8(2)12/h3-7,10H2,1-2H3. The van der Waals surface area contributed by atoms with E-state index >= 15 is 0 Å². The summed E-state index contributed by atoms with van der Waals surface area (Å²) in [6, 6.07) is 0. The number of carbonyl (C=O) groups is 2. The molecule has 4 heteroatoms. The molecule has 0 saturated heterocycles. The lowest BCUT2D eigenvalue weighted by molar-refractivity contribution is -0.134. The molecule has 0 aliphatic rings. The zero-order chi connectivity index (χ0) is 10.3. The molecule has 0 bridgehead atoms. The van der Waals surface area contributed by atoms with Gasteiger partial charge in [-0.3, -0.25) is 9.59 Å². The molecule has 0 unspecified atom stereocenters. The number of nitrogens with zero attached hydrogens (tertiary/aromatic N) is 1. The minimum Gasteiger partial charge on any atom is -0.334 e. The van der Waals surface area contributed by atoms with E-state index in [-0.39, 0.29) is 18.2 Å². The van der Waals surface area contributed by atoms with Gasteiger partial charge in [-0.2, -0.15) is 0 Å². The van der Waals surface area contributed by atoms with Crippen molar-refractivity contribution in [1.82, 2.24) is 4.90 Å². The number of nitrogens with two attached hydrogens (primary N) is 1. The van der Waals surface area contributed by atoms with Crippen molar-refractivity contribution in [2.24, 2.45) is 5.73 Å². The van der Waals surface area contributed by atoms with Gasteiger partial charge in [0.25, 0.3) is 0 Å². The van der Waals surface area contributed by atoms with E-state index in [2.05, 4.69) is 0 Å². The molecule has 0 aromatic carbocycles. The smallest absolute Gasteiger partial charge is 0.222 e. The maximum Gasteiger partial charge on any atom is 0.222 e. The fourth-order valence-corrected chi connectivity index (χ4v) is 1.09. The van der Waals surface area contributed by atoms with Crippen molar-refractivity contribution in [2.75, 3.05) is 19.6 Å². The van der Waals surface area contributed by atoms with Crippen molar-refractivity contribution >= 4 is 11.7 Å². The monoisotopic (exact) mass is 186 g/mol. The lowest BCUT2D eigenvalue weighted by Gasteiger charge is -2.20. The first-order valence-corrected chi connectivity index (χ1v) is 4.59. The summed E-state index contributed by atoms with van der Waals surface area (Å²) in [7, 11) is 0. The van der Waals surface area contributed by atoms with Crippen LogP contribution in [0.25, 0.3) is 0 Å². The number of amides is 1. The van der Waals surface area contributed by atoms with Crippen LogP contribution < -0.4 is 5.73 Å². The van der Waals surface area contributed by atoms with Crippen LogP contribution in [0.15, 0.2) is 0 Å². The largest absolute Gasteiger partial charge is 0.334 e. The first-order chi connectivity index (χ1) is 6.11. The number of ketones is 1. The van der Waals surface area contributed by atoms with Crippen molar-refractivity contribution in [3.8, 4) is 0 Å². The van der Waals surface area contributed by atoms with Gasteiger partial charge in [-0.15, -0.1) is 0 Å². The molecule has 0 saturated carbocycles. The second-order valence-electron chi connectivity index (χ2n) is 3.06. The van der Waals surface area contributed by atoms with Crippen molar-refractivity contribution in [3.05, 3.63) is 0 Å². The fraction of sp³-hybridized carbons (Fsp3) is 0.778. The molecule has 76 valence electrons. The fourth-order valence-electron chi connectivity index (χ4n) is 1.09. The molecule has 0 heterocycles. The number of hydrogen-bond donors (Lipinski definition) is 1. The molecular weight excluding hydrogens is 168 g/mol. The van der Waals surface area contributed by atoms with Gasteiger partial charge in [-0.1, -0.05) is 6.92 Å². The Labute approximate surface area is 79.1 Å². The van der Waals surface area contributed by atoms with E-state index in [1.165, 1.54) is 11.8 Å². The molecule has 0 rings (SSSR count). The van der Waals surface area contributed by atoms with Gasteiger partial charge < -0.3 is 10.6 Å². The van der Waals surface area contributed by atoms with Gasteiger partial charge in [0.05, 0.1) is 6.54 Å². The summed E-state index contributed by atoms with van der Waals surface area (Å²) in [6.07, 6.45) is 1.30.